The zero-order valence-electron chi connectivity index (χ0n) is 7.96. The molecule has 1 saturated heterocycles. The Morgan fingerprint density at radius 3 is 2.79 bits per heavy atom. The summed E-state index contributed by atoms with van der Waals surface area (Å²) in [5.74, 6) is 0. The molecule has 0 radical (unpaired) electrons. The van der Waals surface area contributed by atoms with Gasteiger partial charge in [0.25, 0.3) is 0 Å². The molecule has 2 N–H and O–H groups in total. The first-order valence-corrected chi connectivity index (χ1v) is 12.8. The second-order valence-corrected chi connectivity index (χ2v) is 21.7. The van der Waals surface area contributed by atoms with Gasteiger partial charge in [0.1, 0.15) is 0 Å². The molecule has 0 bridgehead atoms. The lowest BCUT2D eigenvalue weighted by Crippen LogP contribution is -2.32. The van der Waals surface area contributed by atoms with Crippen molar-refractivity contribution in [3.05, 3.63) is 0 Å². The van der Waals surface area contributed by atoms with Gasteiger partial charge < -0.3 is 15.0 Å². The van der Waals surface area contributed by atoms with Gasteiger partial charge in [-0.15, -0.1) is 0 Å². The lowest BCUT2D eigenvalue weighted by Gasteiger charge is -2.21. The minimum Gasteiger partial charge on any atom is -0.416 e. The maximum Gasteiger partial charge on any atom is 0.325 e. The summed E-state index contributed by atoms with van der Waals surface area (Å²) in [4.78, 5) is 22.8. The molecule has 1 atom stereocenters. The summed E-state index contributed by atoms with van der Waals surface area (Å²) in [5.41, 5.74) is 0.317. The van der Waals surface area contributed by atoms with E-state index < -0.39 is 3.31 Å². The van der Waals surface area contributed by atoms with Crippen LogP contribution < -0.4 is 5.32 Å². The minimum atomic E-state index is -2.07. The third kappa shape index (κ3) is 3.81. The van der Waals surface area contributed by atoms with Crippen molar-refractivity contribution in [2.45, 2.75) is 18.9 Å². The summed E-state index contributed by atoms with van der Waals surface area (Å²) >= 11 is 4.31. The second-order valence-electron chi connectivity index (χ2n) is 3.50. The standard InChI is InChI=1S/C7H14I2N2O2Si/c1-6(14(8,9)13)2-4-11-5-3-10-7(11)12/h6,13H,2-5H2,1H3,(H,10,12). The van der Waals surface area contributed by atoms with Crippen molar-refractivity contribution >= 4 is 52.9 Å². The molecule has 4 nitrogen and oxygen atoms in total. The smallest absolute Gasteiger partial charge is 0.325 e. The van der Waals surface area contributed by atoms with E-state index in [2.05, 4.69) is 55.8 Å². The van der Waals surface area contributed by atoms with Gasteiger partial charge in [0.05, 0.1) is 0 Å². The third-order valence-corrected chi connectivity index (χ3v) is 10.2. The highest BCUT2D eigenvalue weighted by Crippen LogP contribution is 2.34. The van der Waals surface area contributed by atoms with Crippen LogP contribution in [0.4, 0.5) is 4.79 Å². The van der Waals surface area contributed by atoms with Crippen LogP contribution in [0.5, 0.6) is 0 Å². The summed E-state index contributed by atoms with van der Waals surface area (Å²) in [7, 11) is 0. The van der Waals surface area contributed by atoms with Crippen LogP contribution in [-0.4, -0.2) is 38.7 Å². The fraction of sp³-hybridized carbons (Fsp3) is 0.857. The molecule has 7 heteroatoms. The van der Waals surface area contributed by atoms with Crippen LogP contribution in [0.3, 0.4) is 0 Å². The number of hydrogen-bond donors (Lipinski definition) is 2. The molecule has 0 aromatic rings. The fourth-order valence-corrected chi connectivity index (χ4v) is 3.59. The van der Waals surface area contributed by atoms with Crippen LogP contribution in [0.1, 0.15) is 13.3 Å². The number of carbonyl (C=O) groups is 1. The van der Waals surface area contributed by atoms with Crippen LogP contribution in [0.15, 0.2) is 0 Å². The maximum atomic E-state index is 11.2. The van der Waals surface area contributed by atoms with Crippen LogP contribution in [0, 0.1) is 0 Å². The highest BCUT2D eigenvalue weighted by molar-refractivity contribution is 14.3. The molecular formula is C7H14I2N2O2Si. The molecule has 14 heavy (non-hydrogen) atoms. The van der Waals surface area contributed by atoms with Gasteiger partial charge in [-0.1, -0.05) is 50.5 Å². The summed E-state index contributed by atoms with van der Waals surface area (Å²) in [5, 5.41) is 2.76. The molecule has 1 heterocycles. The van der Waals surface area contributed by atoms with E-state index in [-0.39, 0.29) is 6.03 Å². The SMILES string of the molecule is CC(CCN1CCNC1=O)[Si](O)(I)I. The van der Waals surface area contributed by atoms with Gasteiger partial charge >= 0.3 is 9.34 Å². The van der Waals surface area contributed by atoms with E-state index in [4.69, 9.17) is 0 Å². The molecule has 1 fully saturated rings. The highest BCUT2D eigenvalue weighted by atomic mass is 127. The molecule has 0 spiro atoms. The van der Waals surface area contributed by atoms with Crippen molar-refractivity contribution in [1.82, 2.24) is 10.2 Å². The Balaban J connectivity index is 2.30. The van der Waals surface area contributed by atoms with Crippen LogP contribution in [-0.2, 0) is 0 Å². The van der Waals surface area contributed by atoms with E-state index in [0.717, 1.165) is 26.1 Å². The second kappa shape index (κ2) is 5.30. The summed E-state index contributed by atoms with van der Waals surface area (Å²) in [6, 6.07) is 0.0318. The molecule has 1 aliphatic heterocycles. The fourth-order valence-electron chi connectivity index (χ4n) is 1.25. The van der Waals surface area contributed by atoms with Gasteiger partial charge in [-0.05, 0) is 12.0 Å². The molecule has 1 rings (SSSR count). The lowest BCUT2D eigenvalue weighted by atomic mass is 10.3. The normalized spacial score (nSPS) is 19.7. The first-order chi connectivity index (χ1) is 6.41. The molecule has 0 aliphatic carbocycles. The quantitative estimate of drug-likeness (QED) is 0.397. The van der Waals surface area contributed by atoms with Gasteiger partial charge in [-0.25, -0.2) is 4.79 Å². The van der Waals surface area contributed by atoms with Gasteiger partial charge in [-0.2, -0.15) is 0 Å². The maximum absolute atomic E-state index is 11.2. The van der Waals surface area contributed by atoms with Crippen LogP contribution in [0.25, 0.3) is 0 Å². The molecule has 82 valence electrons. The molecule has 1 unspecified atom stereocenters. The number of amides is 2. The number of carbonyl (C=O) groups excluding carboxylic acids is 1. The number of hydrogen-bond acceptors (Lipinski definition) is 2. The Morgan fingerprint density at radius 2 is 2.36 bits per heavy atom. The first-order valence-electron chi connectivity index (χ1n) is 4.54. The minimum absolute atomic E-state index is 0.0318. The monoisotopic (exact) mass is 440 g/mol. The number of nitrogens with one attached hydrogen (secondary N) is 1. The third-order valence-electron chi connectivity index (χ3n) is 2.37. The van der Waals surface area contributed by atoms with Crippen molar-refractivity contribution in [1.29, 1.82) is 0 Å². The molecule has 0 saturated carbocycles. The molecule has 2 amide bonds. The Hall–Kier alpha value is 0.907. The van der Waals surface area contributed by atoms with Crippen LogP contribution >= 0.6 is 43.6 Å². The van der Waals surface area contributed by atoms with E-state index in [9.17, 15) is 9.59 Å². The predicted octanol–water partition coefficient (Wildman–Crippen LogP) is 1.59. The summed E-state index contributed by atoms with van der Waals surface area (Å²) < 4.78 is -2.07. The number of halogens is 2. The molecular weight excluding hydrogens is 426 g/mol. The van der Waals surface area contributed by atoms with Gasteiger partial charge in [0, 0.05) is 19.6 Å². The number of rotatable bonds is 4. The predicted molar refractivity (Wildman–Crippen MR) is 75.0 cm³/mol. The highest BCUT2D eigenvalue weighted by Gasteiger charge is 2.32. The Labute approximate surface area is 110 Å². The largest absolute Gasteiger partial charge is 0.416 e. The average molecular weight is 440 g/mol. The van der Waals surface area contributed by atoms with Crippen LogP contribution in [0.2, 0.25) is 5.54 Å². The average Bonchev–Trinajstić information content (AvgIpc) is 2.45. The first kappa shape index (κ1) is 13.0. The summed E-state index contributed by atoms with van der Waals surface area (Å²) in [6.07, 6.45) is 0.891. The van der Waals surface area contributed by atoms with Crippen molar-refractivity contribution < 1.29 is 9.59 Å². The molecule has 0 aromatic carbocycles. The van der Waals surface area contributed by atoms with Crippen molar-refractivity contribution in [2.24, 2.45) is 0 Å². The number of urea groups is 1. The van der Waals surface area contributed by atoms with E-state index in [1.807, 2.05) is 4.90 Å². The van der Waals surface area contributed by atoms with E-state index in [1.54, 1.807) is 0 Å². The lowest BCUT2D eigenvalue weighted by molar-refractivity contribution is 0.216. The van der Waals surface area contributed by atoms with E-state index in [0.29, 0.717) is 5.54 Å². The van der Waals surface area contributed by atoms with Gasteiger partial charge in [0.15, 0.2) is 0 Å². The summed E-state index contributed by atoms with van der Waals surface area (Å²) in [6.45, 7) is 4.37. The van der Waals surface area contributed by atoms with Gasteiger partial charge in [0.2, 0.25) is 0 Å². The van der Waals surface area contributed by atoms with E-state index in [1.165, 1.54) is 0 Å². The van der Waals surface area contributed by atoms with Crippen molar-refractivity contribution in [3.8, 4) is 0 Å². The topological polar surface area (TPSA) is 52.6 Å². The van der Waals surface area contributed by atoms with E-state index >= 15 is 0 Å². The Bertz CT molecular complexity index is 222. The Kier molecular flexibility index (Phi) is 4.91. The number of nitrogens with zero attached hydrogens (tertiary/aromatic N) is 1. The zero-order chi connectivity index (χ0) is 10.8. The molecule has 0 aromatic heterocycles. The zero-order valence-corrected chi connectivity index (χ0v) is 13.3. The van der Waals surface area contributed by atoms with Gasteiger partial charge in [-0.3, -0.25) is 0 Å². The Morgan fingerprint density at radius 1 is 1.71 bits per heavy atom. The van der Waals surface area contributed by atoms with Crippen molar-refractivity contribution in [3.63, 3.8) is 0 Å². The molecule has 1 aliphatic rings. The van der Waals surface area contributed by atoms with Crippen molar-refractivity contribution in [2.75, 3.05) is 19.6 Å².